The van der Waals surface area contributed by atoms with Crippen LogP contribution < -0.4 is 10.1 Å². The first-order chi connectivity index (χ1) is 23.0. The summed E-state index contributed by atoms with van der Waals surface area (Å²) >= 11 is 12.5. The van der Waals surface area contributed by atoms with Crippen LogP contribution in [0.2, 0.25) is 10.0 Å². The summed E-state index contributed by atoms with van der Waals surface area (Å²) in [5.74, 6) is 0.179. The molecule has 9 nitrogen and oxygen atoms in total. The minimum absolute atomic E-state index is 0. The fourth-order valence-electron chi connectivity index (χ4n) is 6.34. The van der Waals surface area contributed by atoms with Gasteiger partial charge in [-0.3, -0.25) is 24.5 Å². The number of alkyl halides is 3. The van der Waals surface area contributed by atoms with E-state index in [1.807, 2.05) is 24.3 Å². The second kappa shape index (κ2) is 15.6. The number of amides is 3. The van der Waals surface area contributed by atoms with Gasteiger partial charge in [0, 0.05) is 49.3 Å². The van der Waals surface area contributed by atoms with Crippen LogP contribution in [0.3, 0.4) is 0 Å². The lowest BCUT2D eigenvalue weighted by molar-refractivity contribution is -0.137. The summed E-state index contributed by atoms with van der Waals surface area (Å²) in [4.78, 5) is 39.3. The van der Waals surface area contributed by atoms with Gasteiger partial charge in [0.1, 0.15) is 17.6 Å². The van der Waals surface area contributed by atoms with Crippen molar-refractivity contribution < 1.29 is 27.5 Å². The second-order valence-electron chi connectivity index (χ2n) is 11.9. The molecule has 3 aliphatic rings. The van der Waals surface area contributed by atoms with Crippen molar-refractivity contribution in [3.63, 3.8) is 0 Å². The summed E-state index contributed by atoms with van der Waals surface area (Å²) in [7, 11) is 0. The van der Waals surface area contributed by atoms with Gasteiger partial charge in [-0.2, -0.15) is 13.2 Å². The van der Waals surface area contributed by atoms with Crippen LogP contribution in [0.25, 0.3) is 0 Å². The number of nitrogens with one attached hydrogen (secondary N) is 1. The molecule has 3 aromatic rings. The van der Waals surface area contributed by atoms with Gasteiger partial charge in [0.25, 0.3) is 0 Å². The predicted molar refractivity (Wildman–Crippen MR) is 185 cm³/mol. The normalized spacial score (nSPS) is 20.4. The molecule has 0 aromatic heterocycles. The van der Waals surface area contributed by atoms with E-state index in [-0.39, 0.29) is 48.1 Å². The van der Waals surface area contributed by atoms with Crippen molar-refractivity contribution in [2.75, 3.05) is 59.1 Å². The van der Waals surface area contributed by atoms with E-state index >= 15 is 0 Å². The fraction of sp³-hybridized carbons (Fsp3) is 0.382. The Hall–Kier alpha value is -3.55. The van der Waals surface area contributed by atoms with Crippen LogP contribution in [0.1, 0.15) is 41.3 Å². The molecule has 6 rings (SSSR count). The van der Waals surface area contributed by atoms with Crippen molar-refractivity contribution in [1.29, 1.82) is 0 Å². The largest absolute Gasteiger partial charge is 0.493 e. The van der Waals surface area contributed by atoms with Gasteiger partial charge < -0.3 is 15.0 Å². The van der Waals surface area contributed by atoms with E-state index in [0.717, 1.165) is 29.8 Å². The summed E-state index contributed by atoms with van der Waals surface area (Å²) in [5.41, 5.74) is 0.929. The molecule has 0 saturated carbocycles. The molecule has 1 N–H and O–H groups in total. The Morgan fingerprint density at radius 1 is 0.918 bits per heavy atom. The van der Waals surface area contributed by atoms with Gasteiger partial charge in [-0.05, 0) is 60.5 Å². The molecule has 262 valence electrons. The molecule has 3 aliphatic heterocycles. The molecule has 2 fully saturated rings. The number of urea groups is 1. The number of rotatable bonds is 7. The number of hydrogen-bond acceptors (Lipinski definition) is 6. The molecule has 0 radical (unpaired) electrons. The molecule has 0 aliphatic carbocycles. The highest BCUT2D eigenvalue weighted by Gasteiger charge is 2.45. The van der Waals surface area contributed by atoms with E-state index in [9.17, 15) is 22.8 Å². The SMILES string of the molecule is CCOc1cc(C(F)(F)F)ccc1C1=NC(c2ccc(Cl)cc2)C(c2ccc(Cl)cc2)N1C(=O)N1CCN(CN2CCNC(=O)C2)CC1.Cl. The zero-order chi connectivity index (χ0) is 34.0. The maximum absolute atomic E-state index is 14.7. The topological polar surface area (TPSA) is 80.7 Å². The number of amidine groups is 1. The highest BCUT2D eigenvalue weighted by Crippen LogP contribution is 2.46. The van der Waals surface area contributed by atoms with Crippen molar-refractivity contribution in [3.8, 4) is 5.75 Å². The predicted octanol–water partition coefficient (Wildman–Crippen LogP) is 6.50. The zero-order valence-electron chi connectivity index (χ0n) is 26.6. The minimum atomic E-state index is -4.59. The summed E-state index contributed by atoms with van der Waals surface area (Å²) in [6, 6.07) is 15.9. The van der Waals surface area contributed by atoms with Gasteiger partial charge in [0.05, 0.1) is 37.0 Å². The fourth-order valence-corrected chi connectivity index (χ4v) is 6.59. The number of ether oxygens (including phenoxy) is 1. The maximum Gasteiger partial charge on any atom is 0.416 e. The molecular weight excluding hydrogens is 704 g/mol. The van der Waals surface area contributed by atoms with Gasteiger partial charge in [0.15, 0.2) is 0 Å². The molecule has 3 amide bonds. The average molecular weight is 740 g/mol. The summed E-state index contributed by atoms with van der Waals surface area (Å²) < 4.78 is 47.1. The van der Waals surface area contributed by atoms with Crippen molar-refractivity contribution in [2.24, 2.45) is 4.99 Å². The van der Waals surface area contributed by atoms with E-state index in [4.69, 9.17) is 32.9 Å². The third-order valence-electron chi connectivity index (χ3n) is 8.71. The Morgan fingerprint density at radius 3 is 2.14 bits per heavy atom. The monoisotopic (exact) mass is 738 g/mol. The van der Waals surface area contributed by atoms with Crippen LogP contribution in [0.4, 0.5) is 18.0 Å². The van der Waals surface area contributed by atoms with Gasteiger partial charge in [-0.15, -0.1) is 12.4 Å². The number of piperazine rings is 2. The molecule has 2 atom stereocenters. The molecule has 2 saturated heterocycles. The number of aliphatic imine (C=N–C) groups is 1. The van der Waals surface area contributed by atoms with Crippen molar-refractivity contribution >= 4 is 53.4 Å². The van der Waals surface area contributed by atoms with Gasteiger partial charge in [-0.1, -0.05) is 47.5 Å². The average Bonchev–Trinajstić information content (AvgIpc) is 3.45. The smallest absolute Gasteiger partial charge is 0.416 e. The Morgan fingerprint density at radius 2 is 1.55 bits per heavy atom. The highest BCUT2D eigenvalue weighted by atomic mass is 35.5. The van der Waals surface area contributed by atoms with Crippen LogP contribution in [0.5, 0.6) is 5.75 Å². The Bertz CT molecular complexity index is 1670. The number of carbonyl (C=O) groups excluding carboxylic acids is 2. The maximum atomic E-state index is 14.7. The lowest BCUT2D eigenvalue weighted by Gasteiger charge is -2.40. The van der Waals surface area contributed by atoms with E-state index in [0.29, 0.717) is 56.0 Å². The lowest BCUT2D eigenvalue weighted by atomic mass is 9.93. The van der Waals surface area contributed by atoms with Crippen LogP contribution in [0, 0.1) is 0 Å². The van der Waals surface area contributed by atoms with E-state index < -0.39 is 23.8 Å². The third kappa shape index (κ3) is 8.26. The van der Waals surface area contributed by atoms with Crippen molar-refractivity contribution in [2.45, 2.75) is 25.2 Å². The Kier molecular flexibility index (Phi) is 11.7. The number of halogens is 6. The number of carbonyl (C=O) groups is 2. The van der Waals surface area contributed by atoms with Crippen LogP contribution in [0.15, 0.2) is 71.7 Å². The van der Waals surface area contributed by atoms with Crippen LogP contribution in [-0.4, -0.2) is 96.5 Å². The standard InChI is InChI=1S/C34H35Cl2F3N6O3.ClH/c1-2-48-28-19-24(34(37,38)39)7-12-27(28)32-41-30(22-3-8-25(35)9-4-22)31(23-5-10-26(36)11-6-23)45(32)33(47)44-17-15-42(16-18-44)21-43-14-13-40-29(46)20-43;/h3-12,19,30-31H,2,13-18,20-21H2,1H3,(H,40,46);1H. The first kappa shape index (κ1) is 36.7. The molecular formula is C34H36Cl3F3N6O3. The first-order valence-electron chi connectivity index (χ1n) is 15.7. The second-order valence-corrected chi connectivity index (χ2v) is 12.8. The minimum Gasteiger partial charge on any atom is -0.493 e. The van der Waals surface area contributed by atoms with Gasteiger partial charge >= 0.3 is 12.2 Å². The molecule has 15 heteroatoms. The summed E-state index contributed by atoms with van der Waals surface area (Å²) in [6.07, 6.45) is -4.59. The number of hydrogen-bond donors (Lipinski definition) is 1. The van der Waals surface area contributed by atoms with Crippen LogP contribution in [-0.2, 0) is 11.0 Å². The summed E-state index contributed by atoms with van der Waals surface area (Å²) in [5, 5.41) is 3.88. The number of nitrogens with zero attached hydrogens (tertiary/aromatic N) is 5. The number of benzene rings is 3. The van der Waals surface area contributed by atoms with Crippen molar-refractivity contribution in [1.82, 2.24) is 24.9 Å². The third-order valence-corrected chi connectivity index (χ3v) is 9.21. The summed E-state index contributed by atoms with van der Waals surface area (Å²) in [6.45, 7) is 6.08. The molecule has 2 unspecified atom stereocenters. The van der Waals surface area contributed by atoms with E-state index in [1.165, 1.54) is 6.07 Å². The lowest BCUT2D eigenvalue weighted by Crippen LogP contribution is -2.57. The van der Waals surface area contributed by atoms with Crippen molar-refractivity contribution in [3.05, 3.63) is 99.0 Å². The molecule has 3 aromatic carbocycles. The quantitative estimate of drug-likeness (QED) is 0.299. The highest BCUT2D eigenvalue weighted by molar-refractivity contribution is 6.30. The van der Waals surface area contributed by atoms with Crippen LogP contribution >= 0.6 is 35.6 Å². The molecule has 49 heavy (non-hydrogen) atoms. The molecule has 0 spiro atoms. The van der Waals surface area contributed by atoms with Gasteiger partial charge in [-0.25, -0.2) is 4.79 Å². The Balaban J connectivity index is 0.00000468. The zero-order valence-corrected chi connectivity index (χ0v) is 29.0. The van der Waals surface area contributed by atoms with Gasteiger partial charge in [0.2, 0.25) is 5.91 Å². The molecule has 3 heterocycles. The van der Waals surface area contributed by atoms with E-state index in [2.05, 4.69) is 15.1 Å². The van der Waals surface area contributed by atoms with E-state index in [1.54, 1.807) is 41.0 Å². The Labute approximate surface area is 299 Å². The first-order valence-corrected chi connectivity index (χ1v) is 16.5. The molecule has 0 bridgehead atoms.